The lowest BCUT2D eigenvalue weighted by Crippen LogP contribution is -2.57. The number of carbonyl (C=O) groups is 3. The number of fused-ring (bicyclic) bond motifs is 5. The fourth-order valence-electron chi connectivity index (χ4n) is 4.29. The lowest BCUT2D eigenvalue weighted by atomic mass is 9.95. The number of hydrogen-bond donors (Lipinski definition) is 5. The Morgan fingerprint density at radius 1 is 0.943 bits per heavy atom. The number of nitrogens with two attached hydrogens (primary N) is 1. The summed E-state index contributed by atoms with van der Waals surface area (Å²) in [5, 5.41) is 26.2. The molecule has 2 heterocycles. The van der Waals surface area contributed by atoms with Crippen LogP contribution in [0.4, 0.5) is 0 Å². The normalized spacial score (nSPS) is 23.5. The monoisotopic (exact) mass is 482 g/mol. The molecule has 2 aromatic rings. The smallest absolute Gasteiger partial charge is 0.245 e. The van der Waals surface area contributed by atoms with Crippen LogP contribution in [0.25, 0.3) is 11.1 Å². The van der Waals surface area contributed by atoms with Crippen molar-refractivity contribution in [3.8, 4) is 22.6 Å². The second kappa shape index (κ2) is 10.3. The number of nitrogens with one attached hydrogen (secondary N) is 2. The summed E-state index contributed by atoms with van der Waals surface area (Å²) in [6.45, 7) is 3.11. The Kier molecular flexibility index (Phi) is 7.23. The van der Waals surface area contributed by atoms with Crippen LogP contribution in [0, 0.1) is 0 Å². The number of rotatable bonds is 1. The molecule has 2 aliphatic rings. The molecule has 0 radical (unpaired) electrons. The Bertz CT molecular complexity index is 1130. The predicted molar refractivity (Wildman–Crippen MR) is 128 cm³/mol. The van der Waals surface area contributed by atoms with Crippen LogP contribution in [-0.4, -0.2) is 77.3 Å². The van der Waals surface area contributed by atoms with Crippen molar-refractivity contribution >= 4 is 17.7 Å². The minimum atomic E-state index is -1.00. The number of nitrogens with zero attached hydrogens (tertiary/aromatic N) is 1. The number of phenols is 2. The highest BCUT2D eigenvalue weighted by Gasteiger charge is 2.31. The van der Waals surface area contributed by atoms with Gasteiger partial charge >= 0.3 is 0 Å². The van der Waals surface area contributed by atoms with E-state index in [1.807, 2.05) is 0 Å². The Morgan fingerprint density at radius 3 is 2.11 bits per heavy atom. The van der Waals surface area contributed by atoms with Gasteiger partial charge in [0.25, 0.3) is 0 Å². The van der Waals surface area contributed by atoms with Crippen molar-refractivity contribution in [1.29, 1.82) is 0 Å². The van der Waals surface area contributed by atoms with Gasteiger partial charge in [0.05, 0.1) is 19.3 Å². The van der Waals surface area contributed by atoms with E-state index in [-0.39, 0.29) is 30.2 Å². The number of carbonyl (C=O) groups excluding carboxylic acids is 3. The first kappa shape index (κ1) is 24.5. The molecule has 4 bridgehead atoms. The van der Waals surface area contributed by atoms with Crippen molar-refractivity contribution < 1.29 is 29.3 Å². The van der Waals surface area contributed by atoms with E-state index in [4.69, 9.17) is 10.5 Å². The van der Waals surface area contributed by atoms with E-state index in [1.54, 1.807) is 29.2 Å². The van der Waals surface area contributed by atoms with Crippen molar-refractivity contribution in [3.05, 3.63) is 47.5 Å². The van der Waals surface area contributed by atoms with Gasteiger partial charge in [-0.25, -0.2) is 0 Å². The standard InChI is InChI=1S/C25H30N4O6/c1-14-23(32)28-20(25(34)29-6-8-35-9-7-29)13-18-11-16(3-5-22(18)31)15-2-4-21(30)17(10-15)12-19(26)24(33)27-14/h2-5,10-11,14,19-20,30-31H,6-9,12-13,26H2,1H3,(H,27,33)(H,28,32)/t14-,19-,20-/m0/s1. The highest BCUT2D eigenvalue weighted by Crippen LogP contribution is 2.31. The maximum atomic E-state index is 13.3. The summed E-state index contributed by atoms with van der Waals surface area (Å²) in [4.78, 5) is 40.6. The van der Waals surface area contributed by atoms with Crippen molar-refractivity contribution in [2.24, 2.45) is 5.73 Å². The highest BCUT2D eigenvalue weighted by molar-refractivity contribution is 5.93. The van der Waals surface area contributed by atoms with Gasteiger partial charge in [-0.3, -0.25) is 14.4 Å². The van der Waals surface area contributed by atoms with Crippen molar-refractivity contribution in [3.63, 3.8) is 0 Å². The molecule has 0 spiro atoms. The number of ether oxygens (including phenoxy) is 1. The SMILES string of the molecule is C[C@@H]1NC(=O)[C@@H](N)Cc2cc(ccc2O)-c2ccc(O)c(c2)C[C@@H](C(=O)N2CCOCC2)NC1=O. The van der Waals surface area contributed by atoms with Crippen LogP contribution in [0.2, 0.25) is 0 Å². The zero-order chi connectivity index (χ0) is 25.1. The molecule has 10 nitrogen and oxygen atoms in total. The Balaban J connectivity index is 1.76. The van der Waals surface area contributed by atoms with Crippen LogP contribution in [0.3, 0.4) is 0 Å². The van der Waals surface area contributed by atoms with Crippen molar-refractivity contribution in [1.82, 2.24) is 15.5 Å². The van der Waals surface area contributed by atoms with E-state index >= 15 is 0 Å². The van der Waals surface area contributed by atoms with E-state index in [9.17, 15) is 24.6 Å². The number of hydrogen-bond acceptors (Lipinski definition) is 7. The Hall–Kier alpha value is -3.63. The third-order valence-electron chi connectivity index (χ3n) is 6.38. The molecule has 10 heteroatoms. The van der Waals surface area contributed by atoms with Crippen LogP contribution in [0.1, 0.15) is 18.1 Å². The largest absolute Gasteiger partial charge is 0.508 e. The van der Waals surface area contributed by atoms with E-state index in [2.05, 4.69) is 10.6 Å². The van der Waals surface area contributed by atoms with Gasteiger partial charge in [-0.15, -0.1) is 0 Å². The molecule has 2 aliphatic heterocycles. The fraction of sp³-hybridized carbons (Fsp3) is 0.400. The summed E-state index contributed by atoms with van der Waals surface area (Å²) in [7, 11) is 0. The molecule has 35 heavy (non-hydrogen) atoms. The van der Waals surface area contributed by atoms with Crippen LogP contribution in [0.15, 0.2) is 36.4 Å². The maximum absolute atomic E-state index is 13.3. The fourth-order valence-corrected chi connectivity index (χ4v) is 4.29. The molecule has 3 atom stereocenters. The first-order chi connectivity index (χ1) is 16.7. The van der Waals surface area contributed by atoms with Crippen molar-refractivity contribution in [2.45, 2.75) is 37.9 Å². The number of aromatic hydroxyl groups is 2. The van der Waals surface area contributed by atoms with Gasteiger partial charge in [-0.05, 0) is 53.4 Å². The minimum absolute atomic E-state index is 0.00211. The zero-order valence-corrected chi connectivity index (χ0v) is 19.5. The summed E-state index contributed by atoms with van der Waals surface area (Å²) in [6, 6.07) is 7.07. The zero-order valence-electron chi connectivity index (χ0n) is 19.5. The molecule has 0 unspecified atom stereocenters. The van der Waals surface area contributed by atoms with Gasteiger partial charge in [-0.2, -0.15) is 0 Å². The topological polar surface area (TPSA) is 154 Å². The number of benzene rings is 2. The van der Waals surface area contributed by atoms with Gasteiger partial charge < -0.3 is 36.2 Å². The quantitative estimate of drug-likeness (QED) is 0.384. The van der Waals surface area contributed by atoms with Gasteiger partial charge in [0.15, 0.2) is 0 Å². The third-order valence-corrected chi connectivity index (χ3v) is 6.38. The molecular formula is C25H30N4O6. The van der Waals surface area contributed by atoms with Crippen LogP contribution in [-0.2, 0) is 32.0 Å². The number of phenolic OH excluding ortho intramolecular Hbond substituents is 2. The van der Waals surface area contributed by atoms with E-state index in [1.165, 1.54) is 19.1 Å². The predicted octanol–water partition coefficient (Wildman–Crippen LogP) is 0.0390. The summed E-state index contributed by atoms with van der Waals surface area (Å²) < 4.78 is 5.33. The average molecular weight is 483 g/mol. The third kappa shape index (κ3) is 5.55. The molecule has 0 aliphatic carbocycles. The number of morpholine rings is 1. The van der Waals surface area contributed by atoms with Crippen molar-refractivity contribution in [2.75, 3.05) is 26.3 Å². The number of amides is 3. The minimum Gasteiger partial charge on any atom is -0.508 e. The second-order valence-electron chi connectivity index (χ2n) is 8.93. The van der Waals surface area contributed by atoms with Gasteiger partial charge in [0, 0.05) is 25.9 Å². The van der Waals surface area contributed by atoms with E-state index in [0.29, 0.717) is 37.4 Å². The second-order valence-corrected chi connectivity index (χ2v) is 8.93. The summed E-state index contributed by atoms with van der Waals surface area (Å²) in [5.41, 5.74) is 8.52. The molecule has 2 aromatic carbocycles. The van der Waals surface area contributed by atoms with Crippen LogP contribution >= 0.6 is 0 Å². The summed E-state index contributed by atoms with van der Waals surface area (Å²) in [5.74, 6) is -1.40. The first-order valence-corrected chi connectivity index (χ1v) is 11.6. The lowest BCUT2D eigenvalue weighted by molar-refractivity contribution is -0.140. The Labute approximate surface area is 203 Å². The lowest BCUT2D eigenvalue weighted by Gasteiger charge is -2.31. The highest BCUT2D eigenvalue weighted by atomic mass is 16.5. The molecule has 3 amide bonds. The molecule has 0 aromatic heterocycles. The molecule has 186 valence electrons. The van der Waals surface area contributed by atoms with Gasteiger partial charge in [0.1, 0.15) is 23.6 Å². The molecule has 1 saturated heterocycles. The van der Waals surface area contributed by atoms with E-state index < -0.39 is 29.9 Å². The molecular weight excluding hydrogens is 452 g/mol. The summed E-state index contributed by atoms with van der Waals surface area (Å²) in [6.07, 6.45) is 0.107. The van der Waals surface area contributed by atoms with Crippen LogP contribution < -0.4 is 16.4 Å². The van der Waals surface area contributed by atoms with E-state index in [0.717, 1.165) is 11.1 Å². The average Bonchev–Trinajstić information content (AvgIpc) is 2.85. The van der Waals surface area contributed by atoms with Gasteiger partial charge in [0.2, 0.25) is 17.7 Å². The molecule has 4 rings (SSSR count). The maximum Gasteiger partial charge on any atom is 0.245 e. The summed E-state index contributed by atoms with van der Waals surface area (Å²) >= 11 is 0. The Morgan fingerprint density at radius 2 is 1.51 bits per heavy atom. The molecule has 6 N–H and O–H groups in total. The van der Waals surface area contributed by atoms with Gasteiger partial charge in [-0.1, -0.05) is 12.1 Å². The van der Waals surface area contributed by atoms with Crippen LogP contribution in [0.5, 0.6) is 11.5 Å². The first-order valence-electron chi connectivity index (χ1n) is 11.6. The molecule has 1 fully saturated rings. The molecule has 0 saturated carbocycles.